The Morgan fingerprint density at radius 3 is 3.00 bits per heavy atom. The van der Waals surface area contributed by atoms with Gasteiger partial charge in [-0.3, -0.25) is 4.98 Å². The van der Waals surface area contributed by atoms with Gasteiger partial charge in [-0.2, -0.15) is 0 Å². The Balaban J connectivity index is 2.51. The minimum atomic E-state index is -3.51. The molecule has 0 spiro atoms. The fourth-order valence-electron chi connectivity index (χ4n) is 1.65. The van der Waals surface area contributed by atoms with E-state index in [1.54, 1.807) is 6.20 Å². The summed E-state index contributed by atoms with van der Waals surface area (Å²) in [6, 6.07) is 3.70. The van der Waals surface area contributed by atoms with Crippen LogP contribution in [0.15, 0.2) is 18.3 Å². The second-order valence-electron chi connectivity index (χ2n) is 3.05. The van der Waals surface area contributed by atoms with Crippen molar-refractivity contribution in [1.29, 1.82) is 0 Å². The number of nitrogens with zero attached hydrogens (tertiary/aromatic N) is 1. The largest absolute Gasteiger partial charge is 0.260 e. The number of aromatic nitrogens is 1. The topological polar surface area (TPSA) is 47.0 Å². The third-order valence-corrected chi connectivity index (χ3v) is 4.03. The van der Waals surface area contributed by atoms with Gasteiger partial charge in [0, 0.05) is 16.9 Å². The Hall–Kier alpha value is -0.610. The monoisotopic (exact) mass is 217 g/mol. The van der Waals surface area contributed by atoms with Gasteiger partial charge in [-0.05, 0) is 24.5 Å². The number of pyridine rings is 1. The third kappa shape index (κ3) is 1.56. The van der Waals surface area contributed by atoms with Crippen LogP contribution in [0.5, 0.6) is 0 Å². The molecule has 0 saturated heterocycles. The Bertz CT molecular complexity index is 430. The molecule has 1 aromatic heterocycles. The molecule has 1 aliphatic rings. The number of hydrogen-bond acceptors (Lipinski definition) is 3. The highest BCUT2D eigenvalue weighted by molar-refractivity contribution is 8.13. The Labute approximate surface area is 81.2 Å². The molecular formula is C8H8ClNO2S. The summed E-state index contributed by atoms with van der Waals surface area (Å²) < 4.78 is 22.2. The van der Waals surface area contributed by atoms with Crippen LogP contribution >= 0.6 is 10.7 Å². The number of hydrogen-bond donors (Lipinski definition) is 0. The molecule has 0 N–H and O–H groups in total. The van der Waals surface area contributed by atoms with Crippen LogP contribution in [0.1, 0.15) is 22.9 Å². The van der Waals surface area contributed by atoms with Crippen molar-refractivity contribution in [3.63, 3.8) is 0 Å². The van der Waals surface area contributed by atoms with Gasteiger partial charge < -0.3 is 0 Å². The van der Waals surface area contributed by atoms with Crippen LogP contribution in [0.25, 0.3) is 0 Å². The predicted octanol–water partition coefficient (Wildman–Crippen LogP) is 1.64. The lowest BCUT2D eigenvalue weighted by Crippen LogP contribution is -2.04. The standard InChI is InChI=1S/C8H8ClNO2S/c9-13(11,12)7-4-3-6-2-1-5-10-8(6)7/h1-2,5,7H,3-4H2. The van der Waals surface area contributed by atoms with E-state index >= 15 is 0 Å². The van der Waals surface area contributed by atoms with Crippen molar-refractivity contribution in [2.45, 2.75) is 18.1 Å². The van der Waals surface area contributed by atoms with Crippen molar-refractivity contribution < 1.29 is 8.42 Å². The predicted molar refractivity (Wildman–Crippen MR) is 50.1 cm³/mol. The lowest BCUT2D eigenvalue weighted by Gasteiger charge is -2.04. The fourth-order valence-corrected chi connectivity index (χ4v) is 3.05. The van der Waals surface area contributed by atoms with Gasteiger partial charge in [0.15, 0.2) is 0 Å². The van der Waals surface area contributed by atoms with E-state index < -0.39 is 14.3 Å². The highest BCUT2D eigenvalue weighted by atomic mass is 35.7. The molecule has 0 aliphatic heterocycles. The van der Waals surface area contributed by atoms with Gasteiger partial charge >= 0.3 is 0 Å². The molecule has 13 heavy (non-hydrogen) atoms. The Morgan fingerprint density at radius 2 is 2.31 bits per heavy atom. The lowest BCUT2D eigenvalue weighted by atomic mass is 10.2. The smallest absolute Gasteiger partial charge is 0.241 e. The maximum atomic E-state index is 11.1. The summed E-state index contributed by atoms with van der Waals surface area (Å²) in [7, 11) is 1.79. The molecule has 5 heteroatoms. The molecule has 1 aliphatic carbocycles. The van der Waals surface area contributed by atoms with Gasteiger partial charge in [-0.1, -0.05) is 6.07 Å². The highest BCUT2D eigenvalue weighted by Gasteiger charge is 2.33. The molecule has 0 radical (unpaired) electrons. The summed E-state index contributed by atoms with van der Waals surface area (Å²) in [5.74, 6) is 0. The van der Waals surface area contributed by atoms with E-state index in [9.17, 15) is 8.42 Å². The number of aryl methyl sites for hydroxylation is 1. The summed E-state index contributed by atoms with van der Waals surface area (Å²) in [5.41, 5.74) is 1.62. The fraction of sp³-hybridized carbons (Fsp3) is 0.375. The van der Waals surface area contributed by atoms with Gasteiger partial charge in [0.25, 0.3) is 0 Å². The molecule has 1 unspecified atom stereocenters. The van der Waals surface area contributed by atoms with E-state index in [1.165, 1.54) is 0 Å². The summed E-state index contributed by atoms with van der Waals surface area (Å²) in [6.07, 6.45) is 2.90. The van der Waals surface area contributed by atoms with Gasteiger partial charge in [0.1, 0.15) is 5.25 Å². The average Bonchev–Trinajstić information content (AvgIpc) is 2.45. The molecular weight excluding hydrogens is 210 g/mol. The molecule has 0 bridgehead atoms. The van der Waals surface area contributed by atoms with Crippen LogP contribution in [0.3, 0.4) is 0 Å². The van der Waals surface area contributed by atoms with Gasteiger partial charge in [-0.15, -0.1) is 0 Å². The second kappa shape index (κ2) is 2.96. The molecule has 0 fully saturated rings. The Kier molecular flexibility index (Phi) is 2.04. The van der Waals surface area contributed by atoms with Crippen molar-refractivity contribution >= 4 is 19.7 Å². The summed E-state index contributed by atoms with van der Waals surface area (Å²) in [6.45, 7) is 0. The molecule has 1 atom stereocenters. The maximum absolute atomic E-state index is 11.1. The third-order valence-electron chi connectivity index (χ3n) is 2.25. The van der Waals surface area contributed by atoms with E-state index in [4.69, 9.17) is 10.7 Å². The number of fused-ring (bicyclic) bond motifs is 1. The van der Waals surface area contributed by atoms with Crippen LogP contribution in [-0.2, 0) is 15.5 Å². The molecule has 0 amide bonds. The molecule has 0 aromatic carbocycles. The normalized spacial score (nSPS) is 21.5. The summed E-state index contributed by atoms with van der Waals surface area (Å²) >= 11 is 0. The first kappa shape index (κ1) is 8.97. The second-order valence-corrected chi connectivity index (χ2v) is 5.86. The van der Waals surface area contributed by atoms with Crippen molar-refractivity contribution in [1.82, 2.24) is 4.98 Å². The lowest BCUT2D eigenvalue weighted by molar-refractivity contribution is 0.594. The van der Waals surface area contributed by atoms with E-state index in [0.717, 1.165) is 12.0 Å². The van der Waals surface area contributed by atoms with Crippen molar-refractivity contribution in [3.8, 4) is 0 Å². The molecule has 1 heterocycles. The van der Waals surface area contributed by atoms with Crippen LogP contribution in [0.2, 0.25) is 0 Å². The number of halogens is 1. The minimum absolute atomic E-state index is 0.554. The molecule has 1 aromatic rings. The molecule has 3 nitrogen and oxygen atoms in total. The average molecular weight is 218 g/mol. The van der Waals surface area contributed by atoms with E-state index in [-0.39, 0.29) is 0 Å². The molecule has 2 rings (SSSR count). The van der Waals surface area contributed by atoms with Crippen LogP contribution < -0.4 is 0 Å². The van der Waals surface area contributed by atoms with E-state index in [1.807, 2.05) is 12.1 Å². The SMILES string of the molecule is O=S(=O)(Cl)C1CCc2cccnc21. The van der Waals surface area contributed by atoms with Crippen LogP contribution in [0, 0.1) is 0 Å². The van der Waals surface area contributed by atoms with E-state index in [2.05, 4.69) is 4.98 Å². The minimum Gasteiger partial charge on any atom is -0.260 e. The zero-order valence-electron chi connectivity index (χ0n) is 6.77. The van der Waals surface area contributed by atoms with Gasteiger partial charge in [0.05, 0.1) is 5.69 Å². The maximum Gasteiger partial charge on any atom is 0.241 e. The highest BCUT2D eigenvalue weighted by Crippen LogP contribution is 2.36. The van der Waals surface area contributed by atoms with Crippen molar-refractivity contribution in [3.05, 3.63) is 29.6 Å². The van der Waals surface area contributed by atoms with Gasteiger partial charge in [0.2, 0.25) is 9.05 Å². The first-order valence-electron chi connectivity index (χ1n) is 3.96. The molecule has 70 valence electrons. The van der Waals surface area contributed by atoms with Gasteiger partial charge in [-0.25, -0.2) is 8.42 Å². The first-order valence-corrected chi connectivity index (χ1v) is 6.33. The first-order chi connectivity index (χ1) is 6.09. The summed E-state index contributed by atoms with van der Waals surface area (Å²) in [4.78, 5) is 4.04. The van der Waals surface area contributed by atoms with Crippen molar-refractivity contribution in [2.75, 3.05) is 0 Å². The molecule has 0 saturated carbocycles. The van der Waals surface area contributed by atoms with E-state index in [0.29, 0.717) is 12.1 Å². The summed E-state index contributed by atoms with van der Waals surface area (Å²) in [5, 5.41) is -0.606. The van der Waals surface area contributed by atoms with Crippen LogP contribution in [-0.4, -0.2) is 13.4 Å². The Morgan fingerprint density at radius 1 is 1.54 bits per heavy atom. The zero-order valence-corrected chi connectivity index (χ0v) is 8.35. The van der Waals surface area contributed by atoms with Crippen LogP contribution in [0.4, 0.5) is 0 Å². The zero-order chi connectivity index (χ0) is 9.47. The van der Waals surface area contributed by atoms with Crippen molar-refractivity contribution in [2.24, 2.45) is 0 Å². The quantitative estimate of drug-likeness (QED) is 0.672. The number of rotatable bonds is 1.